The van der Waals surface area contributed by atoms with Crippen molar-refractivity contribution in [2.75, 3.05) is 0 Å². The van der Waals surface area contributed by atoms with Crippen molar-refractivity contribution in [2.24, 2.45) is 5.73 Å². The number of halogens is 1. The van der Waals surface area contributed by atoms with Crippen molar-refractivity contribution in [3.05, 3.63) is 36.5 Å². The van der Waals surface area contributed by atoms with Crippen molar-refractivity contribution in [2.45, 2.75) is 6.92 Å². The van der Waals surface area contributed by atoms with Gasteiger partial charge in [0.25, 0.3) is 0 Å². The van der Waals surface area contributed by atoms with Crippen molar-refractivity contribution < 1.29 is 22.0 Å². The average Bonchev–Trinajstić information content (AvgIpc) is 2.69. The monoisotopic (exact) mass is 280 g/mol. The molecule has 0 bridgehead atoms. The number of aromatic nitrogens is 2. The van der Waals surface area contributed by atoms with E-state index in [1.165, 1.54) is 0 Å². The Morgan fingerprint density at radius 2 is 2.19 bits per heavy atom. The first-order valence-electron chi connectivity index (χ1n) is 4.71. The molecule has 0 saturated carbocycles. The van der Waals surface area contributed by atoms with E-state index in [1.54, 1.807) is 6.20 Å². The van der Waals surface area contributed by atoms with Crippen LogP contribution in [0.15, 0.2) is 36.5 Å². The van der Waals surface area contributed by atoms with Gasteiger partial charge < -0.3 is 17.0 Å². The highest BCUT2D eigenvalue weighted by Gasteiger charge is 2.00. The van der Waals surface area contributed by atoms with E-state index in [1.807, 2.05) is 37.3 Å². The lowest BCUT2D eigenvalue weighted by molar-refractivity contribution is -0.355. The molecule has 1 heterocycles. The lowest BCUT2D eigenvalue weighted by Gasteiger charge is -1.97. The number of amidine groups is 1. The Morgan fingerprint density at radius 1 is 1.38 bits per heavy atom. The van der Waals surface area contributed by atoms with E-state index in [4.69, 9.17) is 5.73 Å². The molecule has 0 unspecified atom stereocenters. The van der Waals surface area contributed by atoms with Crippen LogP contribution in [0.3, 0.4) is 0 Å². The van der Waals surface area contributed by atoms with Crippen LogP contribution in [-0.2, 0) is 0 Å². The van der Waals surface area contributed by atoms with E-state index >= 15 is 0 Å². The third-order valence-electron chi connectivity index (χ3n) is 2.02. The second-order valence-electron chi connectivity index (χ2n) is 3.36. The van der Waals surface area contributed by atoms with E-state index in [0.29, 0.717) is 5.84 Å². The number of hydrogen-bond donors (Lipinski definition) is 3. The minimum absolute atomic E-state index is 0. The largest absolute Gasteiger partial charge is 1.00 e. The zero-order chi connectivity index (χ0) is 10.7. The summed E-state index contributed by atoms with van der Waals surface area (Å²) in [6, 6.07) is 9.91. The molecule has 0 aliphatic heterocycles. The highest BCUT2D eigenvalue weighted by atomic mass is 79.9. The molecule has 0 amide bonds. The Labute approximate surface area is 104 Å². The number of aromatic amines is 1. The van der Waals surface area contributed by atoms with Crippen LogP contribution < -0.4 is 27.7 Å². The summed E-state index contributed by atoms with van der Waals surface area (Å²) in [5.41, 5.74) is 8.63. The van der Waals surface area contributed by atoms with Gasteiger partial charge in [0.15, 0.2) is 0 Å². The van der Waals surface area contributed by atoms with Gasteiger partial charge in [-0.15, -0.1) is 0 Å². The number of H-pyrrole nitrogens is 1. The molecule has 0 radical (unpaired) electrons. The Balaban J connectivity index is 0.00000128. The van der Waals surface area contributed by atoms with Crippen LogP contribution in [0, 0.1) is 0 Å². The summed E-state index contributed by atoms with van der Waals surface area (Å²) in [5.74, 6) is 0.678. The molecule has 0 fully saturated rings. The van der Waals surface area contributed by atoms with E-state index in [2.05, 4.69) is 15.2 Å². The Bertz CT molecular complexity index is 472. The molecule has 4 N–H and O–H groups in total. The van der Waals surface area contributed by atoms with Crippen molar-refractivity contribution in [3.63, 3.8) is 0 Å². The quantitative estimate of drug-likeness (QED) is 0.410. The molecule has 2 aromatic rings. The minimum Gasteiger partial charge on any atom is -1.00 e. The summed E-state index contributed by atoms with van der Waals surface area (Å²) in [7, 11) is 0. The van der Waals surface area contributed by atoms with E-state index < -0.39 is 0 Å². The van der Waals surface area contributed by atoms with E-state index in [-0.39, 0.29) is 17.0 Å². The zero-order valence-corrected chi connectivity index (χ0v) is 10.5. The van der Waals surface area contributed by atoms with Gasteiger partial charge in [0.2, 0.25) is 5.84 Å². The normalized spacial score (nSPS) is 10.9. The second kappa shape index (κ2) is 5.46. The van der Waals surface area contributed by atoms with Gasteiger partial charge in [0.05, 0.1) is 5.69 Å². The summed E-state index contributed by atoms with van der Waals surface area (Å²) in [6.45, 7) is 1.82. The van der Waals surface area contributed by atoms with Gasteiger partial charge in [-0.3, -0.25) is 10.8 Å². The fourth-order valence-corrected chi connectivity index (χ4v) is 1.41. The third-order valence-corrected chi connectivity index (χ3v) is 2.02. The summed E-state index contributed by atoms with van der Waals surface area (Å²) in [5, 5.41) is 6.83. The van der Waals surface area contributed by atoms with Crippen LogP contribution in [-0.4, -0.2) is 16.0 Å². The standard InChI is InChI=1S/C11H12N4.BrH/c1-8(12)14-10-4-2-3-9(7-10)11-5-6-13-15-11;/h2-7H,1H3,(H2,12,14)(H,13,15);1H. The topological polar surface area (TPSA) is 68.7 Å². The van der Waals surface area contributed by atoms with Crippen LogP contribution >= 0.6 is 0 Å². The fourth-order valence-electron chi connectivity index (χ4n) is 1.41. The number of nitrogens with zero attached hydrogens (tertiary/aromatic N) is 1. The van der Waals surface area contributed by atoms with Gasteiger partial charge in [-0.25, -0.2) is 4.99 Å². The molecule has 0 atom stereocenters. The van der Waals surface area contributed by atoms with Crippen molar-refractivity contribution >= 4 is 11.5 Å². The molecule has 5 heteroatoms. The molecule has 4 nitrogen and oxygen atoms in total. The lowest BCUT2D eigenvalue weighted by atomic mass is 10.1. The molecule has 0 spiro atoms. The summed E-state index contributed by atoms with van der Waals surface area (Å²) >= 11 is 0. The molecular formula is C11H13BrN4. The summed E-state index contributed by atoms with van der Waals surface area (Å²) in [4.78, 5) is 3.07. The summed E-state index contributed by atoms with van der Waals surface area (Å²) < 4.78 is 0. The maximum atomic E-state index is 5.58. The SMILES string of the molecule is CC(N)=[NH+]c1cccc(-c2ccn[nH]2)c1.[Br-]. The van der Waals surface area contributed by atoms with Gasteiger partial charge in [0, 0.05) is 18.7 Å². The first-order chi connectivity index (χ1) is 7.25. The number of hydrogen-bond acceptors (Lipinski definition) is 1. The molecule has 2 rings (SSSR count). The van der Waals surface area contributed by atoms with Crippen LogP contribution in [0.5, 0.6) is 0 Å². The molecule has 16 heavy (non-hydrogen) atoms. The van der Waals surface area contributed by atoms with Crippen molar-refractivity contribution in [3.8, 4) is 11.3 Å². The van der Waals surface area contributed by atoms with Crippen LogP contribution in [0.2, 0.25) is 0 Å². The Morgan fingerprint density at radius 3 is 2.81 bits per heavy atom. The maximum Gasteiger partial charge on any atom is 0.242 e. The first-order valence-corrected chi connectivity index (χ1v) is 4.71. The molecule has 84 valence electrons. The van der Waals surface area contributed by atoms with E-state index in [0.717, 1.165) is 16.9 Å². The minimum atomic E-state index is 0. The van der Waals surface area contributed by atoms with Gasteiger partial charge >= 0.3 is 0 Å². The van der Waals surface area contributed by atoms with Crippen molar-refractivity contribution in [1.82, 2.24) is 10.2 Å². The van der Waals surface area contributed by atoms with Gasteiger partial charge in [-0.1, -0.05) is 12.1 Å². The molecule has 0 saturated heterocycles. The Hall–Kier alpha value is -1.62. The molecule has 0 aliphatic rings. The molecule has 1 aromatic carbocycles. The van der Waals surface area contributed by atoms with Crippen molar-refractivity contribution in [1.29, 1.82) is 0 Å². The predicted molar refractivity (Wildman–Crippen MR) is 59.5 cm³/mol. The van der Waals surface area contributed by atoms with Gasteiger partial charge in [0.1, 0.15) is 5.69 Å². The lowest BCUT2D eigenvalue weighted by Crippen LogP contribution is -3.00. The van der Waals surface area contributed by atoms with E-state index in [9.17, 15) is 0 Å². The first kappa shape index (κ1) is 12.4. The van der Waals surface area contributed by atoms with Crippen LogP contribution in [0.4, 0.5) is 5.69 Å². The smallest absolute Gasteiger partial charge is 0.242 e. The number of benzene rings is 1. The zero-order valence-electron chi connectivity index (χ0n) is 8.87. The van der Waals surface area contributed by atoms with Gasteiger partial charge in [-0.2, -0.15) is 5.10 Å². The third kappa shape index (κ3) is 2.93. The second-order valence-corrected chi connectivity index (χ2v) is 3.36. The number of nitrogens with two attached hydrogens (primary N) is 1. The predicted octanol–water partition coefficient (Wildman–Crippen LogP) is -2.83. The maximum absolute atomic E-state index is 5.58. The average molecular weight is 281 g/mol. The van der Waals surface area contributed by atoms with Crippen LogP contribution in [0.1, 0.15) is 6.92 Å². The highest BCUT2D eigenvalue weighted by molar-refractivity contribution is 5.72. The number of nitrogens with one attached hydrogen (secondary N) is 2. The Kier molecular flexibility index (Phi) is 4.25. The van der Waals surface area contributed by atoms with Crippen LogP contribution in [0.25, 0.3) is 11.3 Å². The molecule has 1 aromatic heterocycles. The summed E-state index contributed by atoms with van der Waals surface area (Å²) in [6.07, 6.45) is 1.73. The highest BCUT2D eigenvalue weighted by Crippen LogP contribution is 2.17. The van der Waals surface area contributed by atoms with Gasteiger partial charge in [-0.05, 0) is 18.2 Å². The molecule has 0 aliphatic carbocycles. The fraction of sp³-hybridized carbons (Fsp3) is 0.0909. The molecular weight excluding hydrogens is 268 g/mol. The number of rotatable bonds is 2.